The monoisotopic (exact) mass is 199 g/mol. The second kappa shape index (κ2) is 3.13. The summed E-state index contributed by atoms with van der Waals surface area (Å²) < 4.78 is 0. The van der Waals surface area contributed by atoms with Crippen molar-refractivity contribution >= 4 is 5.57 Å². The molecule has 1 fully saturated rings. The van der Waals surface area contributed by atoms with Crippen LogP contribution >= 0.6 is 0 Å². The van der Waals surface area contributed by atoms with Crippen molar-refractivity contribution in [3.8, 4) is 0 Å². The van der Waals surface area contributed by atoms with Crippen molar-refractivity contribution in [3.05, 3.63) is 41.1 Å². The van der Waals surface area contributed by atoms with Gasteiger partial charge in [0.05, 0.1) is 0 Å². The van der Waals surface area contributed by atoms with E-state index in [0.29, 0.717) is 0 Å². The van der Waals surface area contributed by atoms with Gasteiger partial charge in [-0.05, 0) is 42.4 Å². The largest absolute Gasteiger partial charge is 0.378 e. The highest BCUT2D eigenvalue weighted by molar-refractivity contribution is 5.72. The van der Waals surface area contributed by atoms with Gasteiger partial charge in [0.1, 0.15) is 0 Å². The molecule has 2 aliphatic rings. The summed E-state index contributed by atoms with van der Waals surface area (Å²) in [4.78, 5) is 2.43. The summed E-state index contributed by atoms with van der Waals surface area (Å²) in [6, 6.07) is 8.92. The van der Waals surface area contributed by atoms with Crippen LogP contribution in [-0.2, 0) is 0 Å². The third-order valence-corrected chi connectivity index (χ3v) is 3.95. The van der Waals surface area contributed by atoms with Gasteiger partial charge in [-0.2, -0.15) is 0 Å². The molecule has 1 heteroatoms. The van der Waals surface area contributed by atoms with Gasteiger partial charge in [0.2, 0.25) is 0 Å². The number of piperidine rings is 1. The summed E-state index contributed by atoms with van der Waals surface area (Å²) in [6.07, 6.45) is 2.56. The van der Waals surface area contributed by atoms with Crippen LogP contribution in [0.3, 0.4) is 0 Å². The first-order valence-electron chi connectivity index (χ1n) is 5.77. The summed E-state index contributed by atoms with van der Waals surface area (Å²) in [7, 11) is 2.23. The van der Waals surface area contributed by atoms with E-state index in [9.17, 15) is 0 Å². The molecule has 1 aliphatic carbocycles. The third kappa shape index (κ3) is 1.22. The van der Waals surface area contributed by atoms with E-state index >= 15 is 0 Å². The highest BCUT2D eigenvalue weighted by Gasteiger charge is 2.29. The van der Waals surface area contributed by atoms with E-state index in [-0.39, 0.29) is 0 Å². The maximum atomic E-state index is 2.43. The number of allylic oxidation sites excluding steroid dienone is 2. The molecule has 0 radical (unpaired) electrons. The highest BCUT2D eigenvalue weighted by atomic mass is 15.1. The van der Waals surface area contributed by atoms with Crippen LogP contribution in [0.5, 0.6) is 0 Å². The van der Waals surface area contributed by atoms with E-state index in [1.54, 1.807) is 11.3 Å². The fraction of sp³-hybridized carbons (Fsp3) is 0.429. The summed E-state index contributed by atoms with van der Waals surface area (Å²) in [5.41, 5.74) is 6.11. The van der Waals surface area contributed by atoms with Gasteiger partial charge in [0.15, 0.2) is 0 Å². The molecule has 1 unspecified atom stereocenters. The number of nitrogens with zero attached hydrogens (tertiary/aromatic N) is 1. The first-order chi connectivity index (χ1) is 7.27. The van der Waals surface area contributed by atoms with Crippen LogP contribution in [0.4, 0.5) is 0 Å². The zero-order valence-electron chi connectivity index (χ0n) is 9.46. The molecular weight excluding hydrogens is 182 g/mol. The van der Waals surface area contributed by atoms with Crippen molar-refractivity contribution in [1.29, 1.82) is 0 Å². The quantitative estimate of drug-likeness (QED) is 0.620. The minimum absolute atomic E-state index is 0.774. The molecule has 3 rings (SSSR count). The zero-order chi connectivity index (χ0) is 10.4. The first kappa shape index (κ1) is 9.02. The van der Waals surface area contributed by atoms with Gasteiger partial charge >= 0.3 is 0 Å². The van der Waals surface area contributed by atoms with Gasteiger partial charge in [-0.1, -0.05) is 24.3 Å². The average molecular weight is 199 g/mol. The molecule has 0 aromatic heterocycles. The molecule has 1 nitrogen and oxygen atoms in total. The van der Waals surface area contributed by atoms with Crippen LogP contribution in [-0.4, -0.2) is 18.5 Å². The lowest BCUT2D eigenvalue weighted by atomic mass is 9.77. The van der Waals surface area contributed by atoms with E-state index in [1.807, 2.05) is 0 Å². The lowest BCUT2D eigenvalue weighted by Gasteiger charge is -2.39. The van der Waals surface area contributed by atoms with E-state index in [0.717, 1.165) is 5.92 Å². The summed E-state index contributed by atoms with van der Waals surface area (Å²) in [5.74, 6) is 0.774. The summed E-state index contributed by atoms with van der Waals surface area (Å²) in [6.45, 7) is 3.48. The van der Waals surface area contributed by atoms with Gasteiger partial charge in [0, 0.05) is 19.3 Å². The molecule has 0 amide bonds. The van der Waals surface area contributed by atoms with Gasteiger partial charge < -0.3 is 4.90 Å². The van der Waals surface area contributed by atoms with E-state index in [2.05, 4.69) is 43.1 Å². The van der Waals surface area contributed by atoms with Crippen molar-refractivity contribution in [2.75, 3.05) is 13.6 Å². The smallest absolute Gasteiger partial charge is 0.0177 e. The standard InChI is InChI=1S/C14H17N/c1-10-12-5-3-4-6-13(12)11-7-8-15(2)14(10)9-11/h3-6,11H,7-9H2,1-2H3. The van der Waals surface area contributed by atoms with Crippen molar-refractivity contribution in [3.63, 3.8) is 0 Å². The highest BCUT2D eigenvalue weighted by Crippen LogP contribution is 2.43. The maximum absolute atomic E-state index is 2.43. The Kier molecular flexibility index (Phi) is 1.88. The Morgan fingerprint density at radius 3 is 2.93 bits per heavy atom. The van der Waals surface area contributed by atoms with E-state index in [4.69, 9.17) is 0 Å². The fourth-order valence-electron chi connectivity index (χ4n) is 3.03. The van der Waals surface area contributed by atoms with Crippen LogP contribution in [0.15, 0.2) is 30.0 Å². The molecule has 15 heavy (non-hydrogen) atoms. The minimum Gasteiger partial charge on any atom is -0.378 e. The SMILES string of the molecule is CC1=C2CC(CCN2C)c2ccccc21. The molecule has 0 spiro atoms. The molecule has 1 saturated heterocycles. The van der Waals surface area contributed by atoms with Crippen molar-refractivity contribution in [2.45, 2.75) is 25.7 Å². The molecule has 1 aromatic carbocycles. The fourth-order valence-corrected chi connectivity index (χ4v) is 3.03. The molecular formula is C14H17N. The Morgan fingerprint density at radius 1 is 1.27 bits per heavy atom. The predicted octanol–water partition coefficient (Wildman–Crippen LogP) is 3.24. The maximum Gasteiger partial charge on any atom is 0.0177 e. The Hall–Kier alpha value is -1.24. The number of rotatable bonds is 0. The van der Waals surface area contributed by atoms with Crippen LogP contribution in [0, 0.1) is 0 Å². The Morgan fingerprint density at radius 2 is 2.07 bits per heavy atom. The van der Waals surface area contributed by atoms with Crippen molar-refractivity contribution < 1.29 is 0 Å². The predicted molar refractivity (Wildman–Crippen MR) is 63.6 cm³/mol. The number of likely N-dealkylation sites (tertiary alicyclic amines) is 1. The van der Waals surface area contributed by atoms with Crippen molar-refractivity contribution in [1.82, 2.24) is 4.90 Å². The lowest BCUT2D eigenvalue weighted by molar-refractivity contribution is 0.317. The van der Waals surface area contributed by atoms with Crippen LogP contribution in [0.2, 0.25) is 0 Å². The van der Waals surface area contributed by atoms with Crippen LogP contribution in [0.1, 0.15) is 36.8 Å². The molecule has 2 bridgehead atoms. The Balaban J connectivity index is 2.22. The molecule has 1 atom stereocenters. The molecule has 1 heterocycles. The average Bonchev–Trinajstić information content (AvgIpc) is 2.28. The van der Waals surface area contributed by atoms with E-state index in [1.165, 1.54) is 30.5 Å². The summed E-state index contributed by atoms with van der Waals surface area (Å²) >= 11 is 0. The Labute approximate surface area is 91.4 Å². The van der Waals surface area contributed by atoms with E-state index < -0.39 is 0 Å². The number of benzene rings is 1. The van der Waals surface area contributed by atoms with Crippen molar-refractivity contribution in [2.24, 2.45) is 0 Å². The van der Waals surface area contributed by atoms with Gasteiger partial charge in [0.25, 0.3) is 0 Å². The molecule has 0 saturated carbocycles. The van der Waals surface area contributed by atoms with Crippen LogP contribution in [0.25, 0.3) is 5.57 Å². The zero-order valence-corrected chi connectivity index (χ0v) is 9.46. The number of hydrogen-bond donors (Lipinski definition) is 0. The topological polar surface area (TPSA) is 3.24 Å². The molecule has 0 N–H and O–H groups in total. The van der Waals surface area contributed by atoms with Crippen LogP contribution < -0.4 is 0 Å². The van der Waals surface area contributed by atoms with Gasteiger partial charge in [-0.25, -0.2) is 0 Å². The normalized spacial score (nSPS) is 24.1. The minimum atomic E-state index is 0.774. The lowest BCUT2D eigenvalue weighted by Crippen LogP contribution is -2.31. The number of hydrogen-bond acceptors (Lipinski definition) is 1. The first-order valence-corrected chi connectivity index (χ1v) is 5.77. The molecule has 1 aliphatic heterocycles. The second-order valence-corrected chi connectivity index (χ2v) is 4.77. The second-order valence-electron chi connectivity index (χ2n) is 4.77. The molecule has 1 aromatic rings. The Bertz CT molecular complexity index is 431. The molecule has 78 valence electrons. The van der Waals surface area contributed by atoms with Gasteiger partial charge in [-0.15, -0.1) is 0 Å². The van der Waals surface area contributed by atoms with Gasteiger partial charge in [-0.3, -0.25) is 0 Å². The summed E-state index contributed by atoms with van der Waals surface area (Å²) in [5, 5.41) is 0. The number of fused-ring (bicyclic) bond motifs is 4. The third-order valence-electron chi connectivity index (χ3n) is 3.95.